The maximum Gasteiger partial charge on any atom is 0.271 e. The number of carbonyl (C=O) groups is 3. The lowest BCUT2D eigenvalue weighted by molar-refractivity contribution is -0.139. The van der Waals surface area contributed by atoms with Crippen molar-refractivity contribution in [2.75, 3.05) is 4.90 Å². The third-order valence-electron chi connectivity index (χ3n) is 4.66. The number of amides is 3. The first kappa shape index (κ1) is 19.5. The number of hydrazone groups is 1. The molecule has 2 aliphatic heterocycles. The first-order valence-electron chi connectivity index (χ1n) is 8.85. The van der Waals surface area contributed by atoms with E-state index in [1.54, 1.807) is 17.0 Å². The number of benzene rings is 2. The molecule has 4 rings (SSSR count). The van der Waals surface area contributed by atoms with E-state index in [4.69, 9.17) is 11.6 Å². The second kappa shape index (κ2) is 7.20. The number of anilines is 1. The predicted octanol–water partition coefficient (Wildman–Crippen LogP) is 3.04. The lowest BCUT2D eigenvalue weighted by Gasteiger charge is -2.29. The standard InChI is InChI=1S/C20H17ClN4O3S/c1-12(26)22-19-23-25(13(2)27)20(29-19)16-5-3-4-6-17(16)24(18(20)28)11-14-7-9-15(21)10-8-14/h3-10H,11H2,1-2H3,(H,22,23,26)/t20-/m1/s1. The summed E-state index contributed by atoms with van der Waals surface area (Å²) in [4.78, 5) is 37.9. The van der Waals surface area contributed by atoms with Gasteiger partial charge in [-0.05, 0) is 35.5 Å². The molecular weight excluding hydrogens is 412 g/mol. The van der Waals surface area contributed by atoms with E-state index >= 15 is 0 Å². The Hall–Kier alpha value is -2.84. The van der Waals surface area contributed by atoms with Crippen molar-refractivity contribution in [1.82, 2.24) is 10.3 Å². The van der Waals surface area contributed by atoms with Gasteiger partial charge in [0.25, 0.3) is 5.91 Å². The fourth-order valence-corrected chi connectivity index (χ4v) is 4.95. The molecule has 3 amide bonds. The van der Waals surface area contributed by atoms with Crippen LogP contribution in [0.1, 0.15) is 25.0 Å². The minimum absolute atomic E-state index is 0.212. The molecule has 2 heterocycles. The normalized spacial score (nSPS) is 20.1. The summed E-state index contributed by atoms with van der Waals surface area (Å²) < 4.78 is 0. The molecule has 148 valence electrons. The third-order valence-corrected chi connectivity index (χ3v) is 6.16. The van der Waals surface area contributed by atoms with Crippen LogP contribution in [0.25, 0.3) is 0 Å². The van der Waals surface area contributed by atoms with E-state index in [1.165, 1.54) is 13.8 Å². The molecule has 2 aromatic rings. The van der Waals surface area contributed by atoms with Crippen molar-refractivity contribution >= 4 is 51.9 Å². The van der Waals surface area contributed by atoms with Crippen molar-refractivity contribution in [3.05, 3.63) is 64.7 Å². The molecule has 0 fully saturated rings. The first-order valence-corrected chi connectivity index (χ1v) is 10.0. The molecule has 1 N–H and O–H groups in total. The minimum atomic E-state index is -1.38. The summed E-state index contributed by atoms with van der Waals surface area (Å²) in [5.74, 6) is -1.01. The van der Waals surface area contributed by atoms with Crippen molar-refractivity contribution in [1.29, 1.82) is 0 Å². The highest BCUT2D eigenvalue weighted by atomic mass is 35.5. The predicted molar refractivity (Wildman–Crippen MR) is 112 cm³/mol. The molecule has 0 unspecified atom stereocenters. The third kappa shape index (κ3) is 3.18. The minimum Gasteiger partial charge on any atom is -0.304 e. The van der Waals surface area contributed by atoms with E-state index < -0.39 is 10.8 Å². The van der Waals surface area contributed by atoms with Crippen LogP contribution < -0.4 is 10.2 Å². The van der Waals surface area contributed by atoms with Crippen LogP contribution in [0.2, 0.25) is 5.02 Å². The van der Waals surface area contributed by atoms with Gasteiger partial charge in [0, 0.05) is 24.4 Å². The Balaban J connectivity index is 1.78. The Morgan fingerprint density at radius 1 is 1.14 bits per heavy atom. The SMILES string of the molecule is CC(=O)NC1=NN(C(C)=O)[C@]2(S1)C(=O)N(Cc1ccc(Cl)cc1)c1ccccc12. The molecule has 0 bridgehead atoms. The van der Waals surface area contributed by atoms with E-state index in [2.05, 4.69) is 10.4 Å². The molecule has 2 aliphatic rings. The van der Waals surface area contributed by atoms with Crippen LogP contribution in [0.5, 0.6) is 0 Å². The molecule has 0 saturated carbocycles. The lowest BCUT2D eigenvalue weighted by atomic mass is 10.1. The fraction of sp³-hybridized carbons (Fsp3) is 0.200. The topological polar surface area (TPSA) is 82.1 Å². The number of amidine groups is 1. The first-order chi connectivity index (χ1) is 13.8. The van der Waals surface area contributed by atoms with Gasteiger partial charge in [-0.15, -0.1) is 5.10 Å². The van der Waals surface area contributed by atoms with Gasteiger partial charge in [-0.25, -0.2) is 0 Å². The Kier molecular flexibility index (Phi) is 4.84. The van der Waals surface area contributed by atoms with Crippen LogP contribution in [0.15, 0.2) is 53.6 Å². The van der Waals surface area contributed by atoms with Crippen LogP contribution in [0.3, 0.4) is 0 Å². The van der Waals surface area contributed by atoms with Gasteiger partial charge < -0.3 is 10.2 Å². The zero-order valence-corrected chi connectivity index (χ0v) is 17.3. The average molecular weight is 429 g/mol. The highest BCUT2D eigenvalue weighted by Gasteiger charge is 2.61. The van der Waals surface area contributed by atoms with Crippen molar-refractivity contribution in [2.45, 2.75) is 25.3 Å². The van der Waals surface area contributed by atoms with Gasteiger partial charge in [-0.1, -0.05) is 41.9 Å². The zero-order chi connectivity index (χ0) is 20.8. The Morgan fingerprint density at radius 2 is 1.83 bits per heavy atom. The van der Waals surface area contributed by atoms with Crippen LogP contribution in [0, 0.1) is 0 Å². The molecule has 7 nitrogen and oxygen atoms in total. The summed E-state index contributed by atoms with van der Waals surface area (Å²) in [6.45, 7) is 3.01. The van der Waals surface area contributed by atoms with Gasteiger partial charge in [0.2, 0.25) is 16.7 Å². The highest BCUT2D eigenvalue weighted by molar-refractivity contribution is 8.15. The Bertz CT molecular complexity index is 1060. The maximum absolute atomic E-state index is 13.7. The summed E-state index contributed by atoms with van der Waals surface area (Å²) in [6.07, 6.45) is 0. The largest absolute Gasteiger partial charge is 0.304 e. The number of hydrogen-bond donors (Lipinski definition) is 1. The summed E-state index contributed by atoms with van der Waals surface area (Å²) in [7, 11) is 0. The van der Waals surface area contributed by atoms with E-state index in [9.17, 15) is 14.4 Å². The van der Waals surface area contributed by atoms with Crippen molar-refractivity contribution in [3.8, 4) is 0 Å². The molecule has 1 atom stereocenters. The number of para-hydroxylation sites is 1. The molecule has 0 aliphatic carbocycles. The number of fused-ring (bicyclic) bond motifs is 2. The molecule has 0 radical (unpaired) electrons. The second-order valence-electron chi connectivity index (χ2n) is 6.70. The van der Waals surface area contributed by atoms with Crippen LogP contribution >= 0.6 is 23.4 Å². The molecule has 9 heteroatoms. The molecule has 29 heavy (non-hydrogen) atoms. The molecule has 2 aromatic carbocycles. The second-order valence-corrected chi connectivity index (χ2v) is 8.32. The van der Waals surface area contributed by atoms with Crippen LogP contribution in [0.4, 0.5) is 5.69 Å². The van der Waals surface area contributed by atoms with Crippen molar-refractivity contribution in [3.63, 3.8) is 0 Å². The highest BCUT2D eigenvalue weighted by Crippen LogP contribution is 2.54. The average Bonchev–Trinajstić information content (AvgIpc) is 3.16. The van der Waals surface area contributed by atoms with E-state index in [0.717, 1.165) is 22.3 Å². The van der Waals surface area contributed by atoms with Crippen LogP contribution in [-0.2, 0) is 25.8 Å². The monoisotopic (exact) mass is 428 g/mol. The summed E-state index contributed by atoms with van der Waals surface area (Å²) in [6, 6.07) is 14.5. The van der Waals surface area contributed by atoms with Crippen molar-refractivity contribution < 1.29 is 14.4 Å². The Morgan fingerprint density at radius 3 is 2.48 bits per heavy atom. The number of nitrogens with one attached hydrogen (secondary N) is 1. The van der Waals surface area contributed by atoms with Gasteiger partial charge in [-0.2, -0.15) is 5.01 Å². The zero-order valence-electron chi connectivity index (χ0n) is 15.7. The number of hydrogen-bond acceptors (Lipinski definition) is 5. The van der Waals surface area contributed by atoms with Crippen LogP contribution in [-0.4, -0.2) is 27.9 Å². The van der Waals surface area contributed by atoms with Gasteiger partial charge in [-0.3, -0.25) is 14.4 Å². The van der Waals surface area contributed by atoms with Gasteiger partial charge in [0.15, 0.2) is 5.17 Å². The fourth-order valence-electron chi connectivity index (χ4n) is 3.49. The maximum atomic E-state index is 13.7. The van der Waals surface area contributed by atoms with E-state index in [-0.39, 0.29) is 17.0 Å². The molecule has 1 spiro atoms. The number of halogens is 1. The Labute approximate surface area is 176 Å². The summed E-state index contributed by atoms with van der Waals surface area (Å²) in [5.41, 5.74) is 2.25. The van der Waals surface area contributed by atoms with Gasteiger partial charge in [0.05, 0.1) is 12.2 Å². The molecule has 0 saturated heterocycles. The lowest BCUT2D eigenvalue weighted by Crippen LogP contribution is -2.48. The van der Waals surface area contributed by atoms with E-state index in [1.807, 2.05) is 36.4 Å². The smallest absolute Gasteiger partial charge is 0.271 e. The van der Waals surface area contributed by atoms with E-state index in [0.29, 0.717) is 22.8 Å². The van der Waals surface area contributed by atoms with Gasteiger partial charge >= 0.3 is 0 Å². The summed E-state index contributed by atoms with van der Waals surface area (Å²) in [5, 5.41) is 8.81. The number of nitrogens with zero attached hydrogens (tertiary/aromatic N) is 3. The molecular formula is C20H17ClN4O3S. The summed E-state index contributed by atoms with van der Waals surface area (Å²) >= 11 is 7.03. The quantitative estimate of drug-likeness (QED) is 0.797. The van der Waals surface area contributed by atoms with Gasteiger partial charge in [0.1, 0.15) is 0 Å². The molecule has 0 aromatic heterocycles. The number of carbonyl (C=O) groups excluding carboxylic acids is 3. The van der Waals surface area contributed by atoms with Crippen molar-refractivity contribution in [2.24, 2.45) is 5.10 Å². The number of thioether (sulfide) groups is 1. The number of rotatable bonds is 2.